The van der Waals surface area contributed by atoms with Crippen LogP contribution in [0.1, 0.15) is 20.8 Å². The molecule has 0 N–H and O–H groups in total. The molecule has 0 spiro atoms. The molecule has 19 heavy (non-hydrogen) atoms. The summed E-state index contributed by atoms with van der Waals surface area (Å²) in [4.78, 5) is 12.4. The fourth-order valence-corrected chi connectivity index (χ4v) is 2.31. The van der Waals surface area contributed by atoms with Gasteiger partial charge in [0, 0.05) is 17.0 Å². The molecule has 1 aromatic heterocycles. The Bertz CT molecular complexity index is 585. The lowest BCUT2D eigenvalue weighted by molar-refractivity contribution is -0.137. The fraction of sp³-hybridized carbons (Fsp3) is 0.154. The van der Waals surface area contributed by atoms with Gasteiger partial charge in [0.15, 0.2) is 0 Å². The molecule has 1 heterocycles. The van der Waals surface area contributed by atoms with Crippen LogP contribution in [-0.4, -0.2) is 12.9 Å². The number of halogens is 3. The molecule has 0 unspecified atom stereocenters. The molecule has 0 radical (unpaired) electrons. The minimum atomic E-state index is -4.40. The van der Waals surface area contributed by atoms with Crippen LogP contribution >= 0.6 is 11.3 Å². The van der Waals surface area contributed by atoms with E-state index in [0.29, 0.717) is 10.6 Å². The Morgan fingerprint density at radius 1 is 1.21 bits per heavy atom. The molecule has 100 valence electrons. The van der Waals surface area contributed by atoms with Gasteiger partial charge >= 0.3 is 6.18 Å². The summed E-state index contributed by atoms with van der Waals surface area (Å²) >= 11 is 1.19. The van der Waals surface area contributed by atoms with Crippen LogP contribution in [-0.2, 0) is 6.18 Å². The van der Waals surface area contributed by atoms with Gasteiger partial charge in [-0.15, -0.1) is 11.3 Å². The van der Waals surface area contributed by atoms with Crippen molar-refractivity contribution in [3.05, 3.63) is 51.7 Å². The molecule has 0 aliphatic heterocycles. The molecular formula is C13H9F3O2S. The number of carbonyl (C=O) groups is 1. The maximum absolute atomic E-state index is 12.4. The van der Waals surface area contributed by atoms with Crippen molar-refractivity contribution in [2.45, 2.75) is 6.18 Å². The van der Waals surface area contributed by atoms with E-state index >= 15 is 0 Å². The van der Waals surface area contributed by atoms with Gasteiger partial charge in [0.25, 0.3) is 0 Å². The molecular weight excluding hydrogens is 277 g/mol. The number of hydrogen-bond donors (Lipinski definition) is 0. The van der Waals surface area contributed by atoms with E-state index in [1.54, 1.807) is 11.4 Å². The number of hydrogen-bond acceptors (Lipinski definition) is 3. The average Bonchev–Trinajstić information content (AvgIpc) is 2.86. The van der Waals surface area contributed by atoms with Crippen molar-refractivity contribution in [3.8, 4) is 5.75 Å². The predicted octanol–water partition coefficient (Wildman–Crippen LogP) is 4.01. The van der Waals surface area contributed by atoms with Gasteiger partial charge in [-0.05, 0) is 12.1 Å². The monoisotopic (exact) mass is 286 g/mol. The molecule has 0 saturated carbocycles. The van der Waals surface area contributed by atoms with Gasteiger partial charge < -0.3 is 4.74 Å². The summed E-state index contributed by atoms with van der Waals surface area (Å²) in [6.45, 7) is 0. The van der Waals surface area contributed by atoms with Crippen molar-refractivity contribution in [1.29, 1.82) is 0 Å². The third-order valence-corrected chi connectivity index (χ3v) is 3.42. The second-order valence-corrected chi connectivity index (χ2v) is 4.67. The largest absolute Gasteiger partial charge is 0.496 e. The Kier molecular flexibility index (Phi) is 3.61. The van der Waals surface area contributed by atoms with Crippen LogP contribution < -0.4 is 4.74 Å². The number of methoxy groups -OCH3 is 1. The summed E-state index contributed by atoms with van der Waals surface area (Å²) in [5, 5.41) is 1.66. The van der Waals surface area contributed by atoms with Gasteiger partial charge in [-0.2, -0.15) is 13.2 Å². The van der Waals surface area contributed by atoms with Crippen LogP contribution in [0.25, 0.3) is 0 Å². The maximum atomic E-state index is 12.4. The Morgan fingerprint density at radius 3 is 2.32 bits per heavy atom. The van der Waals surface area contributed by atoms with E-state index in [9.17, 15) is 18.0 Å². The van der Waals surface area contributed by atoms with Crippen molar-refractivity contribution in [3.63, 3.8) is 0 Å². The number of rotatable bonds is 3. The Morgan fingerprint density at radius 2 is 1.84 bits per heavy atom. The molecule has 0 atom stereocenters. The summed E-state index contributed by atoms with van der Waals surface area (Å²) in [5.41, 5.74) is -0.551. The van der Waals surface area contributed by atoms with E-state index < -0.39 is 11.7 Å². The van der Waals surface area contributed by atoms with Crippen LogP contribution in [0, 0.1) is 0 Å². The van der Waals surface area contributed by atoms with Gasteiger partial charge in [0.1, 0.15) is 5.75 Å². The van der Waals surface area contributed by atoms with Gasteiger partial charge in [-0.25, -0.2) is 0 Å². The van der Waals surface area contributed by atoms with Gasteiger partial charge in [-0.3, -0.25) is 4.79 Å². The highest BCUT2D eigenvalue weighted by molar-refractivity contribution is 7.12. The standard InChI is InChI=1S/C13H9F3O2S/c1-18-10-6-11(19-7-10)12(17)8-2-4-9(5-3-8)13(14,15)16/h2-7H,1H3. The number of thiophene rings is 1. The quantitative estimate of drug-likeness (QED) is 0.797. The lowest BCUT2D eigenvalue weighted by Crippen LogP contribution is -2.06. The number of alkyl halides is 3. The first-order chi connectivity index (χ1) is 8.91. The van der Waals surface area contributed by atoms with E-state index in [2.05, 4.69) is 0 Å². The average molecular weight is 286 g/mol. The normalized spacial score (nSPS) is 11.4. The van der Waals surface area contributed by atoms with Crippen LogP contribution in [0.2, 0.25) is 0 Å². The molecule has 0 bridgehead atoms. The summed E-state index contributed by atoms with van der Waals surface area (Å²) in [6.07, 6.45) is -4.40. The molecule has 0 amide bonds. The lowest BCUT2D eigenvalue weighted by Gasteiger charge is -2.06. The molecule has 2 aromatic rings. The molecule has 6 heteroatoms. The summed E-state index contributed by atoms with van der Waals surface area (Å²) in [7, 11) is 1.48. The maximum Gasteiger partial charge on any atom is 0.416 e. The highest BCUT2D eigenvalue weighted by atomic mass is 32.1. The third kappa shape index (κ3) is 2.96. The van der Waals surface area contributed by atoms with Crippen LogP contribution in [0.15, 0.2) is 35.7 Å². The van der Waals surface area contributed by atoms with E-state index in [4.69, 9.17) is 4.74 Å². The van der Waals surface area contributed by atoms with Crippen LogP contribution in [0.5, 0.6) is 5.75 Å². The number of carbonyl (C=O) groups excluding carboxylic acids is 1. The summed E-state index contributed by atoms with van der Waals surface area (Å²) < 4.78 is 42.1. The Labute approximate surface area is 111 Å². The van der Waals surface area contributed by atoms with Crippen molar-refractivity contribution < 1.29 is 22.7 Å². The fourth-order valence-electron chi connectivity index (χ4n) is 1.50. The molecule has 2 rings (SSSR count). The van der Waals surface area contributed by atoms with E-state index in [1.165, 1.54) is 30.6 Å². The first kappa shape index (κ1) is 13.6. The van der Waals surface area contributed by atoms with Crippen LogP contribution in [0.3, 0.4) is 0 Å². The predicted molar refractivity (Wildman–Crippen MR) is 65.7 cm³/mol. The first-order valence-corrected chi connectivity index (χ1v) is 6.14. The smallest absolute Gasteiger partial charge is 0.416 e. The van der Waals surface area contributed by atoms with Gasteiger partial charge in [0.2, 0.25) is 5.78 Å². The zero-order chi connectivity index (χ0) is 14.0. The van der Waals surface area contributed by atoms with Crippen molar-refractivity contribution in [2.24, 2.45) is 0 Å². The van der Waals surface area contributed by atoms with Crippen molar-refractivity contribution in [1.82, 2.24) is 0 Å². The summed E-state index contributed by atoms with van der Waals surface area (Å²) in [5.74, 6) is 0.238. The second kappa shape index (κ2) is 5.05. The molecule has 2 nitrogen and oxygen atoms in total. The van der Waals surface area contributed by atoms with Gasteiger partial charge in [-0.1, -0.05) is 12.1 Å². The molecule has 0 saturated heterocycles. The minimum absolute atomic E-state index is 0.220. The number of benzene rings is 1. The Balaban J connectivity index is 2.25. The van der Waals surface area contributed by atoms with Gasteiger partial charge in [0.05, 0.1) is 17.6 Å². The SMILES string of the molecule is COc1csc(C(=O)c2ccc(C(F)(F)F)cc2)c1. The Hall–Kier alpha value is -1.82. The second-order valence-electron chi connectivity index (χ2n) is 3.76. The topological polar surface area (TPSA) is 26.3 Å². The highest BCUT2D eigenvalue weighted by Gasteiger charge is 2.30. The molecule has 0 aliphatic carbocycles. The molecule has 0 aliphatic rings. The van der Waals surface area contributed by atoms with E-state index in [1.807, 2.05) is 0 Å². The molecule has 1 aromatic carbocycles. The number of ketones is 1. The number of ether oxygens (including phenoxy) is 1. The zero-order valence-electron chi connectivity index (χ0n) is 9.82. The lowest BCUT2D eigenvalue weighted by atomic mass is 10.1. The highest BCUT2D eigenvalue weighted by Crippen LogP contribution is 2.30. The van der Waals surface area contributed by atoms with E-state index in [0.717, 1.165) is 12.1 Å². The first-order valence-electron chi connectivity index (χ1n) is 5.26. The van der Waals surface area contributed by atoms with Crippen molar-refractivity contribution in [2.75, 3.05) is 7.11 Å². The zero-order valence-corrected chi connectivity index (χ0v) is 10.6. The van der Waals surface area contributed by atoms with E-state index in [-0.39, 0.29) is 11.3 Å². The minimum Gasteiger partial charge on any atom is -0.496 e. The molecule has 0 fully saturated rings. The summed E-state index contributed by atoms with van der Waals surface area (Å²) in [6, 6.07) is 5.72. The van der Waals surface area contributed by atoms with Crippen LogP contribution in [0.4, 0.5) is 13.2 Å². The third-order valence-electron chi connectivity index (χ3n) is 2.51. The van der Waals surface area contributed by atoms with Crippen molar-refractivity contribution >= 4 is 17.1 Å².